The second-order valence-corrected chi connectivity index (χ2v) is 7.40. The molecule has 0 aliphatic heterocycles. The summed E-state index contributed by atoms with van der Waals surface area (Å²) in [5.74, 6) is -0.527. The number of thiophene rings is 1. The van der Waals surface area contributed by atoms with Gasteiger partial charge in [-0.3, -0.25) is 9.59 Å². The van der Waals surface area contributed by atoms with Gasteiger partial charge >= 0.3 is 5.97 Å². The molecule has 0 saturated carbocycles. The Morgan fingerprint density at radius 2 is 1.58 bits per heavy atom. The molecule has 2 N–H and O–H groups in total. The number of hydrogen-bond acceptors (Lipinski definition) is 8. The van der Waals surface area contributed by atoms with E-state index in [1.807, 2.05) is 6.92 Å². The number of esters is 1. The van der Waals surface area contributed by atoms with Crippen LogP contribution in [-0.4, -0.2) is 52.8 Å². The third-order valence-corrected chi connectivity index (χ3v) is 5.64. The summed E-state index contributed by atoms with van der Waals surface area (Å²) >= 11 is 1.01. The maximum absolute atomic E-state index is 13.0. The molecule has 9 nitrogen and oxygen atoms in total. The van der Waals surface area contributed by atoms with Gasteiger partial charge in [-0.2, -0.15) is 0 Å². The van der Waals surface area contributed by atoms with Crippen LogP contribution in [0.3, 0.4) is 0 Å². The quantitative estimate of drug-likeness (QED) is 0.564. The Morgan fingerprint density at radius 3 is 2.06 bits per heavy atom. The van der Waals surface area contributed by atoms with E-state index in [1.165, 1.54) is 40.6 Å². The lowest BCUT2D eigenvalue weighted by Crippen LogP contribution is -2.23. The highest BCUT2D eigenvalue weighted by Crippen LogP contribution is 2.39. The van der Waals surface area contributed by atoms with Crippen molar-refractivity contribution in [2.75, 3.05) is 40.3 Å². The first kappa shape index (κ1) is 24.0. The number of ether oxygens (including phenoxy) is 4. The van der Waals surface area contributed by atoms with Crippen molar-refractivity contribution in [3.63, 3.8) is 0 Å². The van der Waals surface area contributed by atoms with E-state index in [2.05, 4.69) is 10.6 Å². The van der Waals surface area contributed by atoms with Crippen LogP contribution in [0, 0.1) is 6.92 Å². The number of benzene rings is 1. The molecule has 2 rings (SSSR count). The van der Waals surface area contributed by atoms with E-state index in [9.17, 15) is 14.4 Å². The molecule has 0 aliphatic rings. The Morgan fingerprint density at radius 1 is 0.968 bits per heavy atom. The topological polar surface area (TPSA) is 112 Å². The van der Waals surface area contributed by atoms with Gasteiger partial charge in [-0.1, -0.05) is 6.92 Å². The molecule has 2 aromatic rings. The van der Waals surface area contributed by atoms with Crippen LogP contribution >= 0.6 is 11.3 Å². The van der Waals surface area contributed by atoms with E-state index in [-0.39, 0.29) is 22.0 Å². The van der Waals surface area contributed by atoms with E-state index in [0.29, 0.717) is 34.2 Å². The van der Waals surface area contributed by atoms with Crippen molar-refractivity contribution >= 4 is 34.1 Å². The standard InChI is InChI=1S/C21H26N2O7S/c1-7-8-22-19(25)17-11(2)15(21(26)30-6)20(31-17)23-18(24)12-9-13(27-3)16(29-5)14(10-12)28-4/h9-10H,7-8H2,1-6H3,(H,22,25)(H,23,24). The molecule has 0 aliphatic carbocycles. The van der Waals surface area contributed by atoms with Crippen molar-refractivity contribution in [3.05, 3.63) is 33.7 Å². The highest BCUT2D eigenvalue weighted by atomic mass is 32.1. The summed E-state index contributed by atoms with van der Waals surface area (Å²) in [6.07, 6.45) is 0.769. The number of carbonyl (C=O) groups is 3. The zero-order valence-electron chi connectivity index (χ0n) is 18.3. The number of carbonyl (C=O) groups excluding carboxylic acids is 3. The smallest absolute Gasteiger partial charge is 0.341 e. The minimum Gasteiger partial charge on any atom is -0.493 e. The van der Waals surface area contributed by atoms with Crippen LogP contribution in [0.5, 0.6) is 17.2 Å². The predicted octanol–water partition coefficient (Wildman–Crippen LogP) is 3.26. The molecule has 168 valence electrons. The lowest BCUT2D eigenvalue weighted by molar-refractivity contribution is 0.0601. The highest BCUT2D eigenvalue weighted by molar-refractivity contribution is 7.18. The highest BCUT2D eigenvalue weighted by Gasteiger charge is 2.27. The zero-order valence-corrected chi connectivity index (χ0v) is 19.2. The van der Waals surface area contributed by atoms with Crippen LogP contribution in [0.15, 0.2) is 12.1 Å². The minimum absolute atomic E-state index is 0.134. The van der Waals surface area contributed by atoms with Crippen LogP contribution in [0.1, 0.15) is 49.3 Å². The van der Waals surface area contributed by atoms with Gasteiger partial charge in [0.1, 0.15) is 5.00 Å². The minimum atomic E-state index is -0.650. The maximum atomic E-state index is 13.0. The lowest BCUT2D eigenvalue weighted by Gasteiger charge is -2.14. The molecular weight excluding hydrogens is 424 g/mol. The number of anilines is 1. The summed E-state index contributed by atoms with van der Waals surface area (Å²) < 4.78 is 20.7. The SMILES string of the molecule is CCCNC(=O)c1sc(NC(=O)c2cc(OC)c(OC)c(OC)c2)c(C(=O)OC)c1C. The number of nitrogens with one attached hydrogen (secondary N) is 2. The Labute approximate surface area is 184 Å². The van der Waals surface area contributed by atoms with Gasteiger partial charge in [0.2, 0.25) is 5.75 Å². The average molecular weight is 451 g/mol. The van der Waals surface area contributed by atoms with E-state index < -0.39 is 11.9 Å². The van der Waals surface area contributed by atoms with Gasteiger partial charge in [-0.15, -0.1) is 11.3 Å². The number of amides is 2. The van der Waals surface area contributed by atoms with E-state index >= 15 is 0 Å². The molecule has 0 radical (unpaired) electrons. The molecular formula is C21H26N2O7S. The molecule has 31 heavy (non-hydrogen) atoms. The maximum Gasteiger partial charge on any atom is 0.341 e. The van der Waals surface area contributed by atoms with Gasteiger partial charge in [0.15, 0.2) is 11.5 Å². The average Bonchev–Trinajstić information content (AvgIpc) is 3.11. The monoisotopic (exact) mass is 450 g/mol. The summed E-state index contributed by atoms with van der Waals surface area (Å²) in [5.41, 5.74) is 0.786. The Kier molecular flexibility index (Phi) is 8.26. The second-order valence-electron chi connectivity index (χ2n) is 6.38. The molecule has 1 heterocycles. The summed E-state index contributed by atoms with van der Waals surface area (Å²) in [4.78, 5) is 38.1. The van der Waals surface area contributed by atoms with Crippen LogP contribution < -0.4 is 24.8 Å². The number of hydrogen-bond donors (Lipinski definition) is 2. The van der Waals surface area contributed by atoms with Gasteiger partial charge in [0.05, 0.1) is 38.9 Å². The van der Waals surface area contributed by atoms with Crippen LogP contribution in [0.2, 0.25) is 0 Å². The van der Waals surface area contributed by atoms with Crippen molar-refractivity contribution in [1.82, 2.24) is 5.32 Å². The first-order valence-electron chi connectivity index (χ1n) is 9.44. The molecule has 0 bridgehead atoms. The molecule has 1 aromatic carbocycles. The van der Waals surface area contributed by atoms with Crippen molar-refractivity contribution in [3.8, 4) is 17.2 Å². The van der Waals surface area contributed by atoms with Crippen LogP contribution in [0.4, 0.5) is 5.00 Å². The van der Waals surface area contributed by atoms with Crippen LogP contribution in [-0.2, 0) is 4.74 Å². The fraction of sp³-hybridized carbons (Fsp3) is 0.381. The molecule has 0 atom stereocenters. The van der Waals surface area contributed by atoms with E-state index in [0.717, 1.165) is 17.8 Å². The van der Waals surface area contributed by atoms with Crippen molar-refractivity contribution in [2.24, 2.45) is 0 Å². The summed E-state index contributed by atoms with van der Waals surface area (Å²) in [5, 5.41) is 5.69. The van der Waals surface area contributed by atoms with Gasteiger partial charge in [0, 0.05) is 12.1 Å². The summed E-state index contributed by atoms with van der Waals surface area (Å²) in [6, 6.07) is 2.98. The molecule has 2 amide bonds. The van der Waals surface area contributed by atoms with E-state index in [1.54, 1.807) is 6.92 Å². The Bertz CT molecular complexity index is 959. The third kappa shape index (κ3) is 5.08. The van der Waals surface area contributed by atoms with Crippen molar-refractivity contribution in [1.29, 1.82) is 0 Å². The lowest BCUT2D eigenvalue weighted by atomic mass is 10.1. The molecule has 0 spiro atoms. The van der Waals surface area contributed by atoms with Crippen LogP contribution in [0.25, 0.3) is 0 Å². The molecule has 0 fully saturated rings. The first-order chi connectivity index (χ1) is 14.8. The fourth-order valence-electron chi connectivity index (χ4n) is 2.87. The van der Waals surface area contributed by atoms with Gasteiger partial charge in [-0.25, -0.2) is 4.79 Å². The summed E-state index contributed by atoms with van der Waals surface area (Å²) in [6.45, 7) is 4.07. The Hall–Kier alpha value is -3.27. The van der Waals surface area contributed by atoms with E-state index in [4.69, 9.17) is 18.9 Å². The number of methoxy groups -OCH3 is 4. The van der Waals surface area contributed by atoms with Crippen molar-refractivity contribution in [2.45, 2.75) is 20.3 Å². The normalized spacial score (nSPS) is 10.3. The van der Waals surface area contributed by atoms with Gasteiger partial charge < -0.3 is 29.6 Å². The molecule has 0 saturated heterocycles. The predicted molar refractivity (Wildman–Crippen MR) is 117 cm³/mol. The summed E-state index contributed by atoms with van der Waals surface area (Å²) in [7, 11) is 5.58. The number of rotatable bonds is 9. The van der Waals surface area contributed by atoms with Gasteiger partial charge in [-0.05, 0) is 31.0 Å². The molecule has 1 aromatic heterocycles. The second kappa shape index (κ2) is 10.7. The fourth-order valence-corrected chi connectivity index (χ4v) is 3.98. The first-order valence-corrected chi connectivity index (χ1v) is 10.3. The molecule has 10 heteroatoms. The third-order valence-electron chi connectivity index (χ3n) is 4.43. The molecule has 0 unspecified atom stereocenters. The van der Waals surface area contributed by atoms with Crippen molar-refractivity contribution < 1.29 is 33.3 Å². The van der Waals surface area contributed by atoms with Gasteiger partial charge in [0.25, 0.3) is 11.8 Å². The largest absolute Gasteiger partial charge is 0.493 e. The zero-order chi connectivity index (χ0) is 23.1. The Balaban J connectivity index is 2.46.